The molecule has 1 aliphatic carbocycles. The molecule has 4 aromatic rings. The van der Waals surface area contributed by atoms with Crippen molar-refractivity contribution in [1.29, 1.82) is 0 Å². The van der Waals surface area contributed by atoms with Crippen molar-refractivity contribution in [2.75, 3.05) is 0 Å². The summed E-state index contributed by atoms with van der Waals surface area (Å²) in [5, 5.41) is 0.894. The zero-order chi connectivity index (χ0) is 20.3. The van der Waals surface area contributed by atoms with Crippen molar-refractivity contribution in [1.82, 2.24) is 0 Å². The van der Waals surface area contributed by atoms with Gasteiger partial charge in [0.1, 0.15) is 30.3 Å². The molecule has 0 atom stereocenters. The fraction of sp³-hybridized carbons (Fsp3) is 0.192. The second-order valence-corrected chi connectivity index (χ2v) is 7.54. The average molecular weight is 398 g/mol. The van der Waals surface area contributed by atoms with Crippen LogP contribution in [0.2, 0.25) is 0 Å². The molecular formula is C26H22O4. The standard InChI is InChI=1S/C26H22O4/c27-26-22-13-7-12-21(22)25-23(29-17-19-10-5-2-6-11-19)14-20(15-24(25)30-26)28-16-18-8-3-1-4-9-18/h1-6,8-11,14-15H,7,12-13,16-17H2. The quantitative estimate of drug-likeness (QED) is 0.406. The van der Waals surface area contributed by atoms with Gasteiger partial charge in [0.15, 0.2) is 0 Å². The minimum absolute atomic E-state index is 0.246. The van der Waals surface area contributed by atoms with Gasteiger partial charge in [-0.1, -0.05) is 60.7 Å². The van der Waals surface area contributed by atoms with Gasteiger partial charge in [-0.05, 0) is 36.0 Å². The first-order chi connectivity index (χ1) is 14.8. The maximum atomic E-state index is 12.5. The molecule has 0 saturated carbocycles. The lowest BCUT2D eigenvalue weighted by Gasteiger charge is -2.15. The lowest BCUT2D eigenvalue weighted by molar-refractivity contribution is 0.291. The van der Waals surface area contributed by atoms with E-state index in [2.05, 4.69) is 0 Å². The number of rotatable bonds is 6. The van der Waals surface area contributed by atoms with Gasteiger partial charge in [0.05, 0.1) is 5.39 Å². The van der Waals surface area contributed by atoms with Gasteiger partial charge in [-0.25, -0.2) is 4.79 Å². The minimum atomic E-state index is -0.246. The van der Waals surface area contributed by atoms with E-state index in [-0.39, 0.29) is 5.63 Å². The van der Waals surface area contributed by atoms with E-state index in [1.165, 1.54) is 0 Å². The summed E-state index contributed by atoms with van der Waals surface area (Å²) < 4.78 is 17.9. The Bertz CT molecular complexity index is 1230. The van der Waals surface area contributed by atoms with Crippen molar-refractivity contribution in [2.45, 2.75) is 32.5 Å². The van der Waals surface area contributed by atoms with Crippen LogP contribution in [0, 0.1) is 0 Å². The summed E-state index contributed by atoms with van der Waals surface area (Å²) in [6, 6.07) is 23.7. The Balaban J connectivity index is 1.53. The summed E-state index contributed by atoms with van der Waals surface area (Å²) in [7, 11) is 0. The highest BCUT2D eigenvalue weighted by atomic mass is 16.5. The van der Waals surface area contributed by atoms with Gasteiger partial charge in [0, 0.05) is 17.7 Å². The summed E-state index contributed by atoms with van der Waals surface area (Å²) in [5.41, 5.74) is 4.26. The first-order valence-electron chi connectivity index (χ1n) is 10.2. The Labute approximate surface area is 174 Å². The van der Waals surface area contributed by atoms with Crippen molar-refractivity contribution in [3.63, 3.8) is 0 Å². The van der Waals surface area contributed by atoms with E-state index < -0.39 is 0 Å². The number of ether oxygens (including phenoxy) is 2. The molecule has 30 heavy (non-hydrogen) atoms. The van der Waals surface area contributed by atoms with E-state index >= 15 is 0 Å². The van der Waals surface area contributed by atoms with Gasteiger partial charge in [-0.3, -0.25) is 0 Å². The second kappa shape index (κ2) is 8.07. The number of benzene rings is 3. The molecule has 0 fully saturated rings. The van der Waals surface area contributed by atoms with Crippen LogP contribution in [0.5, 0.6) is 11.5 Å². The summed E-state index contributed by atoms with van der Waals surface area (Å²) in [4.78, 5) is 12.5. The Hall–Kier alpha value is -3.53. The highest BCUT2D eigenvalue weighted by molar-refractivity contribution is 5.89. The second-order valence-electron chi connectivity index (χ2n) is 7.54. The molecule has 0 N–H and O–H groups in total. The van der Waals surface area contributed by atoms with Crippen LogP contribution in [-0.2, 0) is 26.1 Å². The van der Waals surface area contributed by atoms with E-state index in [9.17, 15) is 4.79 Å². The molecule has 4 heteroatoms. The highest BCUT2D eigenvalue weighted by Crippen LogP contribution is 2.37. The summed E-state index contributed by atoms with van der Waals surface area (Å²) in [5.74, 6) is 1.32. The van der Waals surface area contributed by atoms with Gasteiger partial charge in [-0.15, -0.1) is 0 Å². The smallest absolute Gasteiger partial charge is 0.339 e. The third-order valence-corrected chi connectivity index (χ3v) is 5.49. The first-order valence-corrected chi connectivity index (χ1v) is 10.2. The minimum Gasteiger partial charge on any atom is -0.489 e. The Morgan fingerprint density at radius 1 is 0.767 bits per heavy atom. The highest BCUT2D eigenvalue weighted by Gasteiger charge is 2.23. The maximum Gasteiger partial charge on any atom is 0.339 e. The molecule has 0 amide bonds. The van der Waals surface area contributed by atoms with Gasteiger partial charge in [0.25, 0.3) is 0 Å². The third kappa shape index (κ3) is 3.69. The van der Waals surface area contributed by atoms with Crippen LogP contribution in [0.4, 0.5) is 0 Å². The van der Waals surface area contributed by atoms with Crippen LogP contribution in [0.3, 0.4) is 0 Å². The van der Waals surface area contributed by atoms with E-state index in [0.29, 0.717) is 30.3 Å². The van der Waals surface area contributed by atoms with E-state index in [4.69, 9.17) is 13.9 Å². The van der Waals surface area contributed by atoms with Gasteiger partial charge in [0.2, 0.25) is 0 Å². The zero-order valence-electron chi connectivity index (χ0n) is 16.6. The summed E-state index contributed by atoms with van der Waals surface area (Å²) in [6.07, 6.45) is 2.59. The molecule has 1 aliphatic rings. The molecule has 0 spiro atoms. The van der Waals surface area contributed by atoms with E-state index in [1.54, 1.807) is 6.07 Å². The molecule has 1 heterocycles. The zero-order valence-corrected chi connectivity index (χ0v) is 16.6. The molecule has 5 rings (SSSR count). The third-order valence-electron chi connectivity index (χ3n) is 5.49. The molecule has 0 unspecified atom stereocenters. The number of hydrogen-bond donors (Lipinski definition) is 0. The normalized spacial score (nSPS) is 12.7. The fourth-order valence-electron chi connectivity index (χ4n) is 4.02. The Morgan fingerprint density at radius 2 is 1.40 bits per heavy atom. The van der Waals surface area contributed by atoms with Crippen molar-refractivity contribution >= 4 is 11.0 Å². The number of aryl methyl sites for hydroxylation is 1. The van der Waals surface area contributed by atoms with Gasteiger partial charge in [-0.2, -0.15) is 0 Å². The van der Waals surface area contributed by atoms with Crippen LogP contribution >= 0.6 is 0 Å². The number of fused-ring (bicyclic) bond motifs is 3. The molecule has 1 aromatic heterocycles. The van der Waals surface area contributed by atoms with Crippen LogP contribution in [-0.4, -0.2) is 0 Å². The van der Waals surface area contributed by atoms with Crippen LogP contribution < -0.4 is 15.1 Å². The summed E-state index contributed by atoms with van der Waals surface area (Å²) >= 11 is 0. The number of hydrogen-bond acceptors (Lipinski definition) is 4. The molecule has 0 aliphatic heterocycles. The van der Waals surface area contributed by atoms with E-state index in [1.807, 2.05) is 66.7 Å². The fourth-order valence-corrected chi connectivity index (χ4v) is 4.02. The van der Waals surface area contributed by atoms with Crippen molar-refractivity contribution in [2.24, 2.45) is 0 Å². The van der Waals surface area contributed by atoms with Gasteiger partial charge < -0.3 is 13.9 Å². The summed E-state index contributed by atoms with van der Waals surface area (Å²) in [6.45, 7) is 0.867. The lowest BCUT2D eigenvalue weighted by Crippen LogP contribution is -2.08. The van der Waals surface area contributed by atoms with Crippen molar-refractivity contribution < 1.29 is 13.9 Å². The predicted octanol–water partition coefficient (Wildman–Crippen LogP) is 5.44. The van der Waals surface area contributed by atoms with Gasteiger partial charge >= 0.3 is 5.63 Å². The average Bonchev–Trinajstić information content (AvgIpc) is 3.28. The molecule has 150 valence electrons. The Morgan fingerprint density at radius 3 is 2.10 bits per heavy atom. The molecule has 4 nitrogen and oxygen atoms in total. The monoisotopic (exact) mass is 398 g/mol. The maximum absolute atomic E-state index is 12.5. The first kappa shape index (κ1) is 18.5. The molecular weight excluding hydrogens is 376 g/mol. The van der Waals surface area contributed by atoms with Crippen molar-refractivity contribution in [3.8, 4) is 11.5 Å². The van der Waals surface area contributed by atoms with Crippen LogP contribution in [0.15, 0.2) is 82.0 Å². The molecule has 3 aromatic carbocycles. The Kier molecular flexibility index (Phi) is 4.98. The topological polar surface area (TPSA) is 48.7 Å². The molecule has 0 saturated heterocycles. The SMILES string of the molecule is O=c1oc2cc(OCc3ccccc3)cc(OCc3ccccc3)c2c2c1CCC2. The van der Waals surface area contributed by atoms with Crippen LogP contribution in [0.1, 0.15) is 28.7 Å². The predicted molar refractivity (Wildman–Crippen MR) is 116 cm³/mol. The molecule has 0 radical (unpaired) electrons. The lowest BCUT2D eigenvalue weighted by atomic mass is 10.1. The largest absolute Gasteiger partial charge is 0.489 e. The molecule has 0 bridgehead atoms. The van der Waals surface area contributed by atoms with Crippen LogP contribution in [0.25, 0.3) is 11.0 Å². The van der Waals surface area contributed by atoms with Crippen molar-refractivity contribution in [3.05, 3.63) is 105 Å². The van der Waals surface area contributed by atoms with E-state index in [0.717, 1.165) is 46.9 Å².